The fourth-order valence-corrected chi connectivity index (χ4v) is 2.71. The number of benzene rings is 2. The number of carbonyl (C=O) groups excluding carboxylic acids is 2. The number of carbonyl (C=O) groups is 2. The van der Waals surface area contributed by atoms with Crippen LogP contribution in [0.25, 0.3) is 5.69 Å². The zero-order chi connectivity index (χ0) is 19.4. The molecule has 8 heteroatoms. The average molecular weight is 384 g/mol. The maximum atomic E-state index is 12.6. The predicted molar refractivity (Wildman–Crippen MR) is 106 cm³/mol. The molecule has 2 aromatic carbocycles. The van der Waals surface area contributed by atoms with E-state index in [0.29, 0.717) is 27.7 Å². The molecule has 1 aromatic heterocycles. The van der Waals surface area contributed by atoms with E-state index < -0.39 is 0 Å². The summed E-state index contributed by atoms with van der Waals surface area (Å²) < 4.78 is 1.66. The second kappa shape index (κ2) is 7.92. The van der Waals surface area contributed by atoms with Crippen LogP contribution in [0.4, 0.5) is 16.2 Å². The van der Waals surface area contributed by atoms with Gasteiger partial charge in [0.05, 0.1) is 23.1 Å². The van der Waals surface area contributed by atoms with Gasteiger partial charge in [0, 0.05) is 23.4 Å². The largest absolute Gasteiger partial charge is 0.341 e. The van der Waals surface area contributed by atoms with Crippen LogP contribution in [0, 0.1) is 6.92 Å². The van der Waals surface area contributed by atoms with Crippen molar-refractivity contribution in [3.05, 3.63) is 71.0 Å². The summed E-state index contributed by atoms with van der Waals surface area (Å²) in [5.74, 6) is -0.271. The van der Waals surface area contributed by atoms with E-state index in [-0.39, 0.29) is 11.9 Å². The third kappa shape index (κ3) is 4.27. The summed E-state index contributed by atoms with van der Waals surface area (Å²) in [6.07, 6.45) is 1.52. The van der Waals surface area contributed by atoms with Gasteiger partial charge in [-0.2, -0.15) is 5.10 Å². The summed E-state index contributed by atoms with van der Waals surface area (Å²) in [5.41, 5.74) is 3.17. The van der Waals surface area contributed by atoms with Crippen molar-refractivity contribution >= 4 is 34.9 Å². The summed E-state index contributed by atoms with van der Waals surface area (Å²) in [6.45, 7) is 1.82. The van der Waals surface area contributed by atoms with E-state index in [1.54, 1.807) is 41.1 Å². The van der Waals surface area contributed by atoms with Crippen LogP contribution in [0.2, 0.25) is 5.02 Å². The fraction of sp³-hybridized carbons (Fsp3) is 0.105. The van der Waals surface area contributed by atoms with E-state index in [0.717, 1.165) is 5.69 Å². The van der Waals surface area contributed by atoms with E-state index in [2.05, 4.69) is 21.0 Å². The van der Waals surface area contributed by atoms with Crippen LogP contribution >= 0.6 is 11.6 Å². The SMILES string of the molecule is CNC(=O)Nc1ccc(NC(=O)c2cnn(-c3cccc(Cl)c3)c2C)cc1. The van der Waals surface area contributed by atoms with E-state index in [1.807, 2.05) is 19.1 Å². The lowest BCUT2D eigenvalue weighted by Crippen LogP contribution is -2.24. The average Bonchev–Trinajstić information content (AvgIpc) is 3.04. The molecular weight excluding hydrogens is 366 g/mol. The molecule has 3 rings (SSSR count). The molecule has 7 nitrogen and oxygen atoms in total. The number of amides is 3. The van der Waals surface area contributed by atoms with Gasteiger partial charge in [-0.05, 0) is 49.4 Å². The molecule has 0 fully saturated rings. The number of nitrogens with one attached hydrogen (secondary N) is 3. The summed E-state index contributed by atoms with van der Waals surface area (Å²) in [7, 11) is 1.54. The zero-order valence-corrected chi connectivity index (χ0v) is 15.5. The number of anilines is 2. The molecule has 0 unspecified atom stereocenters. The number of hydrogen-bond acceptors (Lipinski definition) is 3. The Morgan fingerprint density at radius 1 is 1.04 bits per heavy atom. The van der Waals surface area contributed by atoms with Gasteiger partial charge in [0.1, 0.15) is 0 Å². The van der Waals surface area contributed by atoms with E-state index >= 15 is 0 Å². The molecule has 0 spiro atoms. The van der Waals surface area contributed by atoms with Crippen LogP contribution in [-0.2, 0) is 0 Å². The molecule has 1 heterocycles. The molecule has 3 amide bonds. The summed E-state index contributed by atoms with van der Waals surface area (Å²) in [5, 5.41) is 12.8. The van der Waals surface area contributed by atoms with Crippen molar-refractivity contribution in [1.82, 2.24) is 15.1 Å². The van der Waals surface area contributed by atoms with E-state index in [4.69, 9.17) is 11.6 Å². The van der Waals surface area contributed by atoms with E-state index in [1.165, 1.54) is 13.2 Å². The Balaban J connectivity index is 1.74. The lowest BCUT2D eigenvalue weighted by molar-refractivity contribution is 0.102. The Morgan fingerprint density at radius 3 is 2.33 bits per heavy atom. The predicted octanol–water partition coefficient (Wildman–Crippen LogP) is 3.84. The Hall–Kier alpha value is -3.32. The van der Waals surface area contributed by atoms with E-state index in [9.17, 15) is 9.59 Å². The first-order chi connectivity index (χ1) is 13.0. The number of nitrogens with zero attached hydrogens (tertiary/aromatic N) is 2. The van der Waals surface area contributed by atoms with Crippen molar-refractivity contribution in [2.75, 3.05) is 17.7 Å². The number of halogens is 1. The third-order valence-electron chi connectivity index (χ3n) is 3.93. The molecule has 0 saturated carbocycles. The van der Waals surface area contributed by atoms with Crippen molar-refractivity contribution in [1.29, 1.82) is 0 Å². The number of aromatic nitrogens is 2. The lowest BCUT2D eigenvalue weighted by atomic mass is 10.2. The number of urea groups is 1. The molecule has 0 radical (unpaired) electrons. The molecule has 3 aromatic rings. The maximum absolute atomic E-state index is 12.6. The topological polar surface area (TPSA) is 88.1 Å². The fourth-order valence-electron chi connectivity index (χ4n) is 2.53. The molecule has 138 valence electrons. The molecule has 0 aliphatic rings. The standard InChI is InChI=1S/C19H18ClN5O2/c1-12-17(11-22-25(12)16-5-3-4-13(20)10-16)18(26)23-14-6-8-15(9-7-14)24-19(27)21-2/h3-11H,1-2H3,(H,23,26)(H2,21,24,27). The van der Waals surface area contributed by atoms with Gasteiger partial charge in [0.2, 0.25) is 0 Å². The first-order valence-corrected chi connectivity index (χ1v) is 8.56. The van der Waals surface area contributed by atoms with Crippen LogP contribution in [0.3, 0.4) is 0 Å². The smallest absolute Gasteiger partial charge is 0.318 e. The molecule has 0 aliphatic carbocycles. The van der Waals surface area contributed by atoms with Crippen LogP contribution < -0.4 is 16.0 Å². The minimum atomic E-state index is -0.309. The number of hydrogen-bond donors (Lipinski definition) is 3. The Labute approximate surface area is 161 Å². The first kappa shape index (κ1) is 18.5. The summed E-state index contributed by atoms with van der Waals surface area (Å²) >= 11 is 6.03. The van der Waals surface area contributed by atoms with Crippen LogP contribution in [0.5, 0.6) is 0 Å². The summed E-state index contributed by atoms with van der Waals surface area (Å²) in [6, 6.07) is 13.8. The second-order valence-electron chi connectivity index (χ2n) is 5.77. The van der Waals surface area contributed by atoms with Gasteiger partial charge in [-0.15, -0.1) is 0 Å². The van der Waals surface area contributed by atoms with Crippen molar-refractivity contribution in [2.24, 2.45) is 0 Å². The van der Waals surface area contributed by atoms with Crippen LogP contribution in [-0.4, -0.2) is 28.8 Å². The monoisotopic (exact) mass is 383 g/mol. The van der Waals surface area contributed by atoms with Crippen LogP contribution in [0.1, 0.15) is 16.1 Å². The molecule has 3 N–H and O–H groups in total. The highest BCUT2D eigenvalue weighted by atomic mass is 35.5. The highest BCUT2D eigenvalue weighted by Gasteiger charge is 2.15. The minimum absolute atomic E-state index is 0.271. The Bertz CT molecular complexity index is 982. The molecular formula is C19H18ClN5O2. The van der Waals surface area contributed by atoms with Crippen molar-refractivity contribution < 1.29 is 9.59 Å². The highest BCUT2D eigenvalue weighted by molar-refractivity contribution is 6.30. The van der Waals surface area contributed by atoms with Crippen molar-refractivity contribution in [2.45, 2.75) is 6.92 Å². The Kier molecular flexibility index (Phi) is 5.42. The summed E-state index contributed by atoms with van der Waals surface area (Å²) in [4.78, 5) is 23.9. The second-order valence-corrected chi connectivity index (χ2v) is 6.21. The van der Waals surface area contributed by atoms with Crippen molar-refractivity contribution in [3.63, 3.8) is 0 Å². The highest BCUT2D eigenvalue weighted by Crippen LogP contribution is 2.19. The maximum Gasteiger partial charge on any atom is 0.318 e. The first-order valence-electron chi connectivity index (χ1n) is 8.18. The normalized spacial score (nSPS) is 10.3. The van der Waals surface area contributed by atoms with Gasteiger partial charge in [-0.1, -0.05) is 17.7 Å². The number of rotatable bonds is 4. The van der Waals surface area contributed by atoms with Crippen LogP contribution in [0.15, 0.2) is 54.7 Å². The molecule has 0 aliphatic heterocycles. The molecule has 0 saturated heterocycles. The van der Waals surface area contributed by atoms with Crippen molar-refractivity contribution in [3.8, 4) is 5.69 Å². The van der Waals surface area contributed by atoms with Gasteiger partial charge in [0.15, 0.2) is 0 Å². The lowest BCUT2D eigenvalue weighted by Gasteiger charge is -2.08. The zero-order valence-electron chi connectivity index (χ0n) is 14.8. The Morgan fingerprint density at radius 2 is 1.70 bits per heavy atom. The molecule has 0 atom stereocenters. The van der Waals surface area contributed by atoms with Gasteiger partial charge < -0.3 is 16.0 Å². The van der Waals surface area contributed by atoms with Gasteiger partial charge >= 0.3 is 6.03 Å². The quantitative estimate of drug-likeness (QED) is 0.639. The van der Waals surface area contributed by atoms with Gasteiger partial charge in [0.25, 0.3) is 5.91 Å². The van der Waals surface area contributed by atoms with Gasteiger partial charge in [-0.3, -0.25) is 4.79 Å². The molecule has 0 bridgehead atoms. The minimum Gasteiger partial charge on any atom is -0.341 e. The van der Waals surface area contributed by atoms with Gasteiger partial charge in [-0.25, -0.2) is 9.48 Å². The molecule has 27 heavy (non-hydrogen) atoms. The third-order valence-corrected chi connectivity index (χ3v) is 4.17.